The lowest BCUT2D eigenvalue weighted by Crippen LogP contribution is -2.50. The highest BCUT2D eigenvalue weighted by atomic mass is 16.4. The Labute approximate surface area is 211 Å². The van der Waals surface area contributed by atoms with E-state index >= 15 is 0 Å². The van der Waals surface area contributed by atoms with Gasteiger partial charge in [-0.1, -0.05) is 92.7 Å². The van der Waals surface area contributed by atoms with Gasteiger partial charge in [-0.3, -0.25) is 4.79 Å². The van der Waals surface area contributed by atoms with Crippen molar-refractivity contribution in [2.75, 3.05) is 13.1 Å². The van der Waals surface area contributed by atoms with Gasteiger partial charge in [0, 0.05) is 19.5 Å². The third kappa shape index (κ3) is 7.70. The molecule has 3 aromatic rings. The minimum Gasteiger partial charge on any atom is -0.481 e. The fourth-order valence-corrected chi connectivity index (χ4v) is 3.94. The molecule has 0 radical (unpaired) electrons. The molecule has 3 aromatic carbocycles. The third-order valence-corrected chi connectivity index (χ3v) is 5.78. The van der Waals surface area contributed by atoms with Gasteiger partial charge in [0.25, 0.3) is 0 Å². The van der Waals surface area contributed by atoms with Crippen LogP contribution in [-0.4, -0.2) is 52.2 Å². The number of carbonyl (C=O) groups is 3. The first-order valence-electron chi connectivity index (χ1n) is 12.0. The first-order chi connectivity index (χ1) is 17.2. The van der Waals surface area contributed by atoms with Gasteiger partial charge in [0.2, 0.25) is 0 Å². The number of carboxylic acids is 2. The highest BCUT2D eigenvalue weighted by molar-refractivity contribution is 5.83. The SMILES string of the molecule is CC(C)CN(CCC(=O)O)C(=O)N[C@@H](Cc1ccc(-c2ccc(-c3ccccc3)cc2)cc1)C(=O)O. The second-order valence-corrected chi connectivity index (χ2v) is 9.17. The Morgan fingerprint density at radius 1 is 0.778 bits per heavy atom. The number of benzene rings is 3. The summed E-state index contributed by atoms with van der Waals surface area (Å²) in [4.78, 5) is 36.9. The Kier molecular flexibility index (Phi) is 9.22. The lowest BCUT2D eigenvalue weighted by molar-refractivity contribution is -0.139. The van der Waals surface area contributed by atoms with Crippen molar-refractivity contribution < 1.29 is 24.6 Å². The number of nitrogens with one attached hydrogen (secondary N) is 1. The van der Waals surface area contributed by atoms with Crippen LogP contribution in [0.15, 0.2) is 78.9 Å². The minimum atomic E-state index is -1.15. The highest BCUT2D eigenvalue weighted by Crippen LogP contribution is 2.25. The normalized spacial score (nSPS) is 11.6. The van der Waals surface area contributed by atoms with Gasteiger partial charge in [-0.05, 0) is 33.7 Å². The summed E-state index contributed by atoms with van der Waals surface area (Å²) in [6.45, 7) is 4.17. The van der Waals surface area contributed by atoms with Crippen LogP contribution in [0.1, 0.15) is 25.8 Å². The number of carboxylic acid groups (broad SMARTS) is 2. The fraction of sp³-hybridized carbons (Fsp3) is 0.276. The summed E-state index contributed by atoms with van der Waals surface area (Å²) in [5, 5.41) is 21.2. The molecule has 1 atom stereocenters. The molecule has 3 N–H and O–H groups in total. The summed E-state index contributed by atoms with van der Waals surface area (Å²) in [5.74, 6) is -2.05. The molecule has 0 aliphatic rings. The standard InChI is InChI=1S/C29H32N2O5/c1-20(2)19-31(17-16-27(32)33)29(36)30-26(28(34)35)18-21-8-10-23(11-9-21)25-14-12-24(13-15-25)22-6-4-3-5-7-22/h3-15,20,26H,16-19H2,1-2H3,(H,30,36)(H,32,33)(H,34,35)/t26-/m0/s1. The zero-order chi connectivity index (χ0) is 26.1. The van der Waals surface area contributed by atoms with Crippen LogP contribution in [0.3, 0.4) is 0 Å². The van der Waals surface area contributed by atoms with Gasteiger partial charge in [-0.25, -0.2) is 9.59 Å². The van der Waals surface area contributed by atoms with E-state index in [-0.39, 0.29) is 25.3 Å². The average Bonchev–Trinajstić information content (AvgIpc) is 2.86. The Bertz CT molecular complexity index is 1160. The molecule has 36 heavy (non-hydrogen) atoms. The molecular formula is C29H32N2O5. The average molecular weight is 489 g/mol. The van der Waals surface area contributed by atoms with Crippen LogP contribution >= 0.6 is 0 Å². The van der Waals surface area contributed by atoms with E-state index in [0.29, 0.717) is 6.54 Å². The molecule has 0 saturated carbocycles. The van der Waals surface area contributed by atoms with Crippen molar-refractivity contribution in [2.24, 2.45) is 5.92 Å². The molecule has 7 heteroatoms. The monoisotopic (exact) mass is 488 g/mol. The second-order valence-electron chi connectivity index (χ2n) is 9.17. The smallest absolute Gasteiger partial charge is 0.326 e. The van der Waals surface area contributed by atoms with Gasteiger partial charge < -0.3 is 20.4 Å². The molecule has 188 valence electrons. The van der Waals surface area contributed by atoms with E-state index in [9.17, 15) is 19.5 Å². The van der Waals surface area contributed by atoms with Crippen LogP contribution in [0.4, 0.5) is 4.79 Å². The summed E-state index contributed by atoms with van der Waals surface area (Å²) >= 11 is 0. The molecule has 2 amide bonds. The zero-order valence-electron chi connectivity index (χ0n) is 20.6. The molecule has 0 heterocycles. The molecule has 0 spiro atoms. The van der Waals surface area contributed by atoms with E-state index in [1.807, 2.05) is 56.3 Å². The van der Waals surface area contributed by atoms with Crippen molar-refractivity contribution in [1.29, 1.82) is 0 Å². The number of nitrogens with zero attached hydrogens (tertiary/aromatic N) is 1. The van der Waals surface area contributed by atoms with E-state index in [0.717, 1.165) is 27.8 Å². The van der Waals surface area contributed by atoms with Gasteiger partial charge in [-0.2, -0.15) is 0 Å². The number of amides is 2. The van der Waals surface area contributed by atoms with Crippen molar-refractivity contribution in [2.45, 2.75) is 32.7 Å². The Morgan fingerprint density at radius 2 is 1.28 bits per heavy atom. The first kappa shape index (κ1) is 26.5. The Balaban J connectivity index is 1.66. The quantitative estimate of drug-likeness (QED) is 0.346. The molecule has 0 unspecified atom stereocenters. The number of carbonyl (C=O) groups excluding carboxylic acids is 1. The molecule has 0 saturated heterocycles. The van der Waals surface area contributed by atoms with E-state index in [1.54, 1.807) is 0 Å². The maximum Gasteiger partial charge on any atom is 0.326 e. The van der Waals surface area contributed by atoms with Gasteiger partial charge in [0.05, 0.1) is 6.42 Å². The van der Waals surface area contributed by atoms with Crippen molar-refractivity contribution in [3.05, 3.63) is 84.4 Å². The van der Waals surface area contributed by atoms with E-state index in [2.05, 4.69) is 41.7 Å². The number of hydrogen-bond acceptors (Lipinski definition) is 3. The summed E-state index contributed by atoms with van der Waals surface area (Å²) in [6, 6.07) is 24.3. The van der Waals surface area contributed by atoms with Crippen LogP contribution in [-0.2, 0) is 16.0 Å². The predicted octanol–water partition coefficient (Wildman–Crippen LogP) is 5.16. The molecule has 0 bridgehead atoms. The predicted molar refractivity (Wildman–Crippen MR) is 140 cm³/mol. The third-order valence-electron chi connectivity index (χ3n) is 5.78. The number of rotatable bonds is 11. The fourth-order valence-electron chi connectivity index (χ4n) is 3.94. The van der Waals surface area contributed by atoms with Crippen molar-refractivity contribution >= 4 is 18.0 Å². The zero-order valence-corrected chi connectivity index (χ0v) is 20.6. The van der Waals surface area contributed by atoms with Crippen LogP contribution < -0.4 is 5.32 Å². The topological polar surface area (TPSA) is 107 Å². The molecule has 0 aliphatic heterocycles. The Morgan fingerprint density at radius 3 is 1.75 bits per heavy atom. The van der Waals surface area contributed by atoms with E-state index < -0.39 is 24.0 Å². The highest BCUT2D eigenvalue weighted by Gasteiger charge is 2.24. The second kappa shape index (κ2) is 12.5. The van der Waals surface area contributed by atoms with E-state index in [1.165, 1.54) is 4.90 Å². The van der Waals surface area contributed by atoms with Crippen LogP contribution in [0.2, 0.25) is 0 Å². The molecular weight excluding hydrogens is 456 g/mol. The molecule has 3 rings (SSSR count). The largest absolute Gasteiger partial charge is 0.481 e. The summed E-state index contributed by atoms with van der Waals surface area (Å²) in [7, 11) is 0. The van der Waals surface area contributed by atoms with Crippen LogP contribution in [0, 0.1) is 5.92 Å². The molecule has 0 fully saturated rings. The maximum atomic E-state index is 12.7. The lowest BCUT2D eigenvalue weighted by Gasteiger charge is -2.26. The Hall–Kier alpha value is -4.13. The summed E-state index contributed by atoms with van der Waals surface area (Å²) in [5.41, 5.74) is 5.10. The van der Waals surface area contributed by atoms with Gasteiger partial charge in [-0.15, -0.1) is 0 Å². The van der Waals surface area contributed by atoms with E-state index in [4.69, 9.17) is 5.11 Å². The minimum absolute atomic E-state index is 0.0173. The number of hydrogen-bond donors (Lipinski definition) is 3. The van der Waals surface area contributed by atoms with Crippen LogP contribution in [0.5, 0.6) is 0 Å². The van der Waals surface area contributed by atoms with Gasteiger partial charge in [0.1, 0.15) is 6.04 Å². The van der Waals surface area contributed by atoms with Crippen molar-refractivity contribution in [3.8, 4) is 22.3 Å². The summed E-state index contributed by atoms with van der Waals surface area (Å²) < 4.78 is 0. The van der Waals surface area contributed by atoms with Crippen molar-refractivity contribution in [1.82, 2.24) is 10.2 Å². The van der Waals surface area contributed by atoms with Crippen LogP contribution in [0.25, 0.3) is 22.3 Å². The maximum absolute atomic E-state index is 12.7. The van der Waals surface area contributed by atoms with Crippen molar-refractivity contribution in [3.63, 3.8) is 0 Å². The first-order valence-corrected chi connectivity index (χ1v) is 12.0. The lowest BCUT2D eigenvalue weighted by atomic mass is 9.98. The van der Waals surface area contributed by atoms with Gasteiger partial charge in [0.15, 0.2) is 0 Å². The number of aliphatic carboxylic acids is 2. The molecule has 0 aliphatic carbocycles. The molecule has 0 aromatic heterocycles. The van der Waals surface area contributed by atoms with Gasteiger partial charge >= 0.3 is 18.0 Å². The molecule has 7 nitrogen and oxygen atoms in total. The summed E-state index contributed by atoms with van der Waals surface area (Å²) in [6.07, 6.45) is -0.0889. The number of urea groups is 1.